The average Bonchev–Trinajstić information content (AvgIpc) is 2.32. The zero-order chi connectivity index (χ0) is 14.0. The van der Waals surface area contributed by atoms with Crippen molar-refractivity contribution in [2.24, 2.45) is 0 Å². The molecule has 1 aromatic heterocycles. The van der Waals surface area contributed by atoms with Gasteiger partial charge >= 0.3 is 0 Å². The first kappa shape index (κ1) is 14.3. The van der Waals surface area contributed by atoms with Crippen molar-refractivity contribution in [3.8, 4) is 0 Å². The highest BCUT2D eigenvalue weighted by molar-refractivity contribution is 9.10. The lowest BCUT2D eigenvalue weighted by atomic mass is 10.0. The minimum atomic E-state index is -2.92. The highest BCUT2D eigenvalue weighted by atomic mass is 79.9. The van der Waals surface area contributed by atoms with Crippen molar-refractivity contribution in [1.82, 2.24) is 15.2 Å². The lowest BCUT2D eigenvalue weighted by Gasteiger charge is -2.36. The van der Waals surface area contributed by atoms with E-state index in [1.165, 1.54) is 6.07 Å². The van der Waals surface area contributed by atoms with Crippen LogP contribution in [0.4, 0.5) is 8.78 Å². The predicted octanol–water partition coefficient (Wildman–Crippen LogP) is 1.91. The lowest BCUT2D eigenvalue weighted by Crippen LogP contribution is -2.57. The molecule has 1 aliphatic heterocycles. The van der Waals surface area contributed by atoms with Gasteiger partial charge in [-0.1, -0.05) is 6.07 Å². The second-order valence-electron chi connectivity index (χ2n) is 4.66. The van der Waals surface area contributed by atoms with E-state index in [1.54, 1.807) is 24.1 Å². The van der Waals surface area contributed by atoms with Crippen molar-refractivity contribution in [2.75, 3.05) is 20.1 Å². The Morgan fingerprint density at radius 2 is 2.32 bits per heavy atom. The summed E-state index contributed by atoms with van der Waals surface area (Å²) in [5.41, 5.74) is 0.129. The van der Waals surface area contributed by atoms with Gasteiger partial charge in [0.2, 0.25) is 0 Å². The van der Waals surface area contributed by atoms with Crippen LogP contribution in [0.3, 0.4) is 0 Å². The summed E-state index contributed by atoms with van der Waals surface area (Å²) in [5.74, 6) is -3.50. The Bertz CT molecular complexity index is 484. The number of likely N-dealkylation sites (tertiary alicyclic amines) is 1. The van der Waals surface area contributed by atoms with Crippen LogP contribution in [0.25, 0.3) is 0 Å². The molecule has 1 saturated heterocycles. The summed E-state index contributed by atoms with van der Waals surface area (Å²) < 4.78 is 28.1. The van der Waals surface area contributed by atoms with Crippen LogP contribution in [0.1, 0.15) is 16.9 Å². The van der Waals surface area contributed by atoms with E-state index in [2.05, 4.69) is 26.2 Å². The van der Waals surface area contributed by atoms with E-state index in [0.717, 1.165) is 0 Å². The van der Waals surface area contributed by atoms with E-state index in [1.807, 2.05) is 0 Å². The standard InChI is InChI=1S/C12H14BrF2N3O/c1-18-6-5-9(12(14,15)7-18)17-11(19)8-3-2-4-10(13)16-8/h2-4,9H,5-7H2,1H3,(H,17,19). The molecule has 1 fully saturated rings. The number of carbonyl (C=O) groups is 1. The summed E-state index contributed by atoms with van der Waals surface area (Å²) in [4.78, 5) is 17.4. The van der Waals surface area contributed by atoms with Gasteiger partial charge in [-0.15, -0.1) is 0 Å². The number of alkyl halides is 2. The fourth-order valence-electron chi connectivity index (χ4n) is 2.05. The van der Waals surface area contributed by atoms with E-state index in [0.29, 0.717) is 11.1 Å². The van der Waals surface area contributed by atoms with Crippen LogP contribution in [0.5, 0.6) is 0 Å². The molecule has 1 amide bonds. The van der Waals surface area contributed by atoms with Gasteiger partial charge < -0.3 is 10.2 Å². The van der Waals surface area contributed by atoms with E-state index >= 15 is 0 Å². The number of hydrogen-bond donors (Lipinski definition) is 1. The Morgan fingerprint density at radius 3 is 2.95 bits per heavy atom. The van der Waals surface area contributed by atoms with Gasteiger partial charge in [0.1, 0.15) is 10.3 Å². The number of piperidine rings is 1. The van der Waals surface area contributed by atoms with Crippen LogP contribution in [0.15, 0.2) is 22.8 Å². The largest absolute Gasteiger partial charge is 0.342 e. The molecule has 0 bridgehead atoms. The molecule has 1 unspecified atom stereocenters. The molecule has 1 aromatic rings. The van der Waals surface area contributed by atoms with E-state index in [4.69, 9.17) is 0 Å². The Kier molecular flexibility index (Phi) is 4.15. The van der Waals surface area contributed by atoms with E-state index < -0.39 is 17.9 Å². The number of nitrogens with zero attached hydrogens (tertiary/aromatic N) is 2. The summed E-state index contributed by atoms with van der Waals surface area (Å²) >= 11 is 3.14. The number of pyridine rings is 1. The minimum absolute atomic E-state index is 0.129. The molecule has 0 spiro atoms. The fraction of sp³-hybridized carbons (Fsp3) is 0.500. The zero-order valence-electron chi connectivity index (χ0n) is 10.4. The summed E-state index contributed by atoms with van der Waals surface area (Å²) in [5, 5.41) is 2.37. The first-order chi connectivity index (χ1) is 8.88. The first-order valence-corrected chi connectivity index (χ1v) is 6.67. The maximum Gasteiger partial charge on any atom is 0.280 e. The van der Waals surface area contributed by atoms with Crippen LogP contribution in [0.2, 0.25) is 0 Å². The van der Waals surface area contributed by atoms with Crippen molar-refractivity contribution in [3.63, 3.8) is 0 Å². The maximum atomic E-state index is 13.8. The number of halogens is 3. The molecule has 19 heavy (non-hydrogen) atoms. The van der Waals surface area contributed by atoms with Gasteiger partial charge in [-0.2, -0.15) is 0 Å². The number of aromatic nitrogens is 1. The molecule has 0 saturated carbocycles. The molecule has 1 N–H and O–H groups in total. The zero-order valence-corrected chi connectivity index (χ0v) is 12.0. The number of carbonyl (C=O) groups excluding carboxylic acids is 1. The molecular weight excluding hydrogens is 320 g/mol. The van der Waals surface area contributed by atoms with Crippen LogP contribution in [-0.2, 0) is 0 Å². The topological polar surface area (TPSA) is 45.2 Å². The van der Waals surface area contributed by atoms with Crippen molar-refractivity contribution in [1.29, 1.82) is 0 Å². The Morgan fingerprint density at radius 1 is 1.58 bits per heavy atom. The minimum Gasteiger partial charge on any atom is -0.342 e. The van der Waals surface area contributed by atoms with E-state index in [9.17, 15) is 13.6 Å². The van der Waals surface area contributed by atoms with Crippen molar-refractivity contribution < 1.29 is 13.6 Å². The third-order valence-corrected chi connectivity index (χ3v) is 3.48. The molecule has 0 radical (unpaired) electrons. The van der Waals surface area contributed by atoms with Crippen molar-refractivity contribution in [3.05, 3.63) is 28.5 Å². The van der Waals surface area contributed by atoms with Crippen LogP contribution in [-0.4, -0.2) is 47.9 Å². The SMILES string of the molecule is CN1CCC(NC(=O)c2cccc(Br)n2)C(F)(F)C1. The normalized spacial score (nSPS) is 23.1. The summed E-state index contributed by atoms with van der Waals surface area (Å²) in [6.07, 6.45) is 0.225. The number of hydrogen-bond acceptors (Lipinski definition) is 3. The van der Waals surface area contributed by atoms with Crippen molar-refractivity contribution >= 4 is 21.8 Å². The van der Waals surface area contributed by atoms with Gasteiger partial charge in [0.15, 0.2) is 0 Å². The Labute approximate surface area is 118 Å². The molecule has 7 heteroatoms. The third-order valence-electron chi connectivity index (χ3n) is 3.04. The third kappa shape index (κ3) is 3.48. The van der Waals surface area contributed by atoms with Gasteiger partial charge in [0.05, 0.1) is 12.6 Å². The molecule has 1 aliphatic rings. The summed E-state index contributed by atoms with van der Waals surface area (Å²) in [6, 6.07) is 3.66. The Hall–Kier alpha value is -1.08. The maximum absolute atomic E-state index is 13.8. The van der Waals surface area contributed by atoms with Gasteiger partial charge in [-0.05, 0) is 41.5 Å². The number of nitrogens with one attached hydrogen (secondary N) is 1. The van der Waals surface area contributed by atoms with Gasteiger partial charge in [0.25, 0.3) is 11.8 Å². The highest BCUT2D eigenvalue weighted by Crippen LogP contribution is 2.26. The first-order valence-electron chi connectivity index (χ1n) is 5.88. The molecule has 4 nitrogen and oxygen atoms in total. The molecule has 104 valence electrons. The lowest BCUT2D eigenvalue weighted by molar-refractivity contribution is -0.0816. The van der Waals surface area contributed by atoms with Gasteiger partial charge in [0, 0.05) is 6.54 Å². The second kappa shape index (κ2) is 5.50. The number of amides is 1. The van der Waals surface area contributed by atoms with E-state index in [-0.39, 0.29) is 18.7 Å². The van der Waals surface area contributed by atoms with Crippen LogP contribution < -0.4 is 5.32 Å². The quantitative estimate of drug-likeness (QED) is 0.841. The molecule has 0 aromatic carbocycles. The molecule has 2 heterocycles. The van der Waals surface area contributed by atoms with Gasteiger partial charge in [-0.3, -0.25) is 4.79 Å². The van der Waals surface area contributed by atoms with Crippen LogP contribution >= 0.6 is 15.9 Å². The molecule has 0 aliphatic carbocycles. The number of rotatable bonds is 2. The Balaban J connectivity index is 2.06. The summed E-state index contributed by atoms with van der Waals surface area (Å²) in [6.45, 7) is 0.191. The summed E-state index contributed by atoms with van der Waals surface area (Å²) in [7, 11) is 1.64. The molecular formula is C12H14BrF2N3O. The second-order valence-corrected chi connectivity index (χ2v) is 5.47. The smallest absolute Gasteiger partial charge is 0.280 e. The highest BCUT2D eigenvalue weighted by Gasteiger charge is 2.44. The predicted molar refractivity (Wildman–Crippen MR) is 70.3 cm³/mol. The van der Waals surface area contributed by atoms with Crippen LogP contribution in [0, 0.1) is 0 Å². The average molecular weight is 334 g/mol. The fourth-order valence-corrected chi connectivity index (χ4v) is 2.40. The van der Waals surface area contributed by atoms with Crippen molar-refractivity contribution in [2.45, 2.75) is 18.4 Å². The monoisotopic (exact) mass is 333 g/mol. The molecule has 1 atom stereocenters. The molecule has 2 rings (SSSR count). The van der Waals surface area contributed by atoms with Gasteiger partial charge in [-0.25, -0.2) is 13.8 Å².